The van der Waals surface area contributed by atoms with Gasteiger partial charge in [-0.3, -0.25) is 19.2 Å². The van der Waals surface area contributed by atoms with Gasteiger partial charge in [0, 0.05) is 44.5 Å². The zero-order chi connectivity index (χ0) is 34.7. The quantitative estimate of drug-likeness (QED) is 0.114. The number of carbonyl (C=O) groups excluding carboxylic acids is 4. The molecule has 0 saturated heterocycles. The van der Waals surface area contributed by atoms with Gasteiger partial charge in [-0.1, -0.05) is 55.4 Å². The summed E-state index contributed by atoms with van der Waals surface area (Å²) in [5.74, 6) is -1.64. The van der Waals surface area contributed by atoms with Crippen LogP contribution in [0.25, 0.3) is 0 Å². The lowest BCUT2D eigenvalue weighted by Gasteiger charge is -2.38. The highest BCUT2D eigenvalue weighted by Gasteiger charge is 2.46. The van der Waals surface area contributed by atoms with E-state index in [9.17, 15) is 39.6 Å². The number of hydrogen-bond donors (Lipinski definition) is 4. The molecule has 240 valence electrons. The summed E-state index contributed by atoms with van der Waals surface area (Å²) in [5.41, 5.74) is -2.02. The van der Waals surface area contributed by atoms with Crippen LogP contribution in [0.2, 0.25) is 0 Å². The van der Waals surface area contributed by atoms with Crippen LogP contribution < -0.4 is 0 Å². The molecule has 8 heteroatoms. The monoisotopic (exact) mass is 616 g/mol. The molecule has 4 N–H and O–H groups in total. The molecule has 0 aliphatic carbocycles. The summed E-state index contributed by atoms with van der Waals surface area (Å²) in [6.45, 7) is 16.0. The lowest BCUT2D eigenvalue weighted by molar-refractivity contribution is 0.111. The minimum atomic E-state index is -2.04. The Labute approximate surface area is 265 Å². The zero-order valence-corrected chi connectivity index (χ0v) is 27.2. The van der Waals surface area contributed by atoms with Gasteiger partial charge >= 0.3 is 0 Å². The van der Waals surface area contributed by atoms with Crippen LogP contribution in [0.5, 0.6) is 23.0 Å². The standard InChI is InChI=1S/C29H20O8.4C2H6/c30-13-17-1-5-25(34)21(9-17)29(22-10-18(14-31)2-6-26(22)35,23-11-19(15-32)3-7-27(23)36)24-12-20(16-33)4-8-28(24)37;4*1-2/h1-16,34-37H;4*1-2H3. The van der Waals surface area contributed by atoms with Crippen molar-refractivity contribution < 1.29 is 39.6 Å². The van der Waals surface area contributed by atoms with E-state index in [1.165, 1.54) is 72.8 Å². The lowest BCUT2D eigenvalue weighted by Crippen LogP contribution is -2.32. The Morgan fingerprint density at radius 1 is 0.378 bits per heavy atom. The normalized spacial score (nSPS) is 9.60. The third-order valence-electron chi connectivity index (χ3n) is 6.24. The molecule has 0 atom stereocenters. The second-order valence-electron chi connectivity index (χ2n) is 8.33. The summed E-state index contributed by atoms with van der Waals surface area (Å²) >= 11 is 0. The van der Waals surface area contributed by atoms with Crippen molar-refractivity contribution in [3.05, 3.63) is 117 Å². The zero-order valence-electron chi connectivity index (χ0n) is 27.2. The highest BCUT2D eigenvalue weighted by molar-refractivity contribution is 5.83. The number of phenols is 4. The molecule has 8 nitrogen and oxygen atoms in total. The number of hydrogen-bond acceptors (Lipinski definition) is 8. The molecule has 4 aromatic rings. The van der Waals surface area contributed by atoms with Crippen molar-refractivity contribution >= 4 is 25.1 Å². The van der Waals surface area contributed by atoms with Crippen molar-refractivity contribution in [1.82, 2.24) is 0 Å². The minimum Gasteiger partial charge on any atom is -0.508 e. The predicted molar refractivity (Wildman–Crippen MR) is 178 cm³/mol. The maximum atomic E-state index is 11.7. The molecule has 0 heterocycles. The molecule has 0 fully saturated rings. The van der Waals surface area contributed by atoms with Crippen LogP contribution in [0.1, 0.15) is 119 Å². The maximum absolute atomic E-state index is 11.7. The van der Waals surface area contributed by atoms with Crippen LogP contribution in [0.15, 0.2) is 72.8 Å². The van der Waals surface area contributed by atoms with E-state index in [4.69, 9.17) is 0 Å². The van der Waals surface area contributed by atoms with Gasteiger partial charge in [-0.15, -0.1) is 0 Å². The molecule has 0 aliphatic rings. The molecule has 4 rings (SSSR count). The van der Waals surface area contributed by atoms with Gasteiger partial charge in [-0.2, -0.15) is 0 Å². The van der Waals surface area contributed by atoms with Gasteiger partial charge in [0.2, 0.25) is 0 Å². The highest BCUT2D eigenvalue weighted by Crippen LogP contribution is 2.55. The van der Waals surface area contributed by atoms with Crippen LogP contribution in [0.3, 0.4) is 0 Å². The SMILES string of the molecule is CC.CC.CC.CC.O=Cc1ccc(O)c(C(c2cc(C=O)ccc2O)(c2cc(C=O)ccc2O)c2cc(C=O)ccc2O)c1. The first-order valence-corrected chi connectivity index (χ1v) is 14.9. The summed E-state index contributed by atoms with van der Waals surface area (Å²) < 4.78 is 0. The van der Waals surface area contributed by atoms with Crippen LogP contribution in [0.4, 0.5) is 0 Å². The Bertz CT molecular complexity index is 1320. The van der Waals surface area contributed by atoms with Crippen LogP contribution in [0, 0.1) is 0 Å². The first-order chi connectivity index (χ1) is 21.8. The van der Waals surface area contributed by atoms with E-state index in [1.54, 1.807) is 0 Å². The van der Waals surface area contributed by atoms with Crippen molar-refractivity contribution in [1.29, 1.82) is 0 Å². The van der Waals surface area contributed by atoms with E-state index in [0.29, 0.717) is 25.1 Å². The molecule has 0 unspecified atom stereocenters. The minimum absolute atomic E-state index is 0.0906. The van der Waals surface area contributed by atoms with Gasteiger partial charge in [-0.05, 0) is 72.8 Å². The average Bonchev–Trinajstić information content (AvgIpc) is 3.11. The molecule has 0 radical (unpaired) electrons. The fraction of sp³-hybridized carbons (Fsp3) is 0.243. The summed E-state index contributed by atoms with van der Waals surface area (Å²) in [5, 5.41) is 44.5. The molecule has 0 spiro atoms. The molecule has 0 amide bonds. The van der Waals surface area contributed by atoms with E-state index in [2.05, 4.69) is 0 Å². The fourth-order valence-corrected chi connectivity index (χ4v) is 4.58. The Balaban J connectivity index is 0.00000224. The fourth-order valence-electron chi connectivity index (χ4n) is 4.58. The van der Waals surface area contributed by atoms with E-state index >= 15 is 0 Å². The lowest BCUT2D eigenvalue weighted by atomic mass is 9.63. The van der Waals surface area contributed by atoms with Crippen molar-refractivity contribution in [3.8, 4) is 23.0 Å². The van der Waals surface area contributed by atoms with Gasteiger partial charge < -0.3 is 20.4 Å². The first kappa shape index (κ1) is 39.8. The summed E-state index contributed by atoms with van der Waals surface area (Å²) in [4.78, 5) is 47.0. The van der Waals surface area contributed by atoms with E-state index in [-0.39, 0.29) is 44.5 Å². The molecular formula is C37H44O8. The first-order valence-electron chi connectivity index (χ1n) is 14.9. The molecule has 0 aromatic heterocycles. The number of phenolic OH excluding ortho intramolecular Hbond substituents is 4. The largest absolute Gasteiger partial charge is 0.508 e. The summed E-state index contributed by atoms with van der Waals surface area (Å²) in [6, 6.07) is 15.4. The van der Waals surface area contributed by atoms with Crippen LogP contribution >= 0.6 is 0 Å². The van der Waals surface area contributed by atoms with Crippen LogP contribution in [-0.4, -0.2) is 45.6 Å². The second-order valence-corrected chi connectivity index (χ2v) is 8.33. The second kappa shape index (κ2) is 19.9. The van der Waals surface area contributed by atoms with Gasteiger partial charge in [-0.25, -0.2) is 0 Å². The van der Waals surface area contributed by atoms with E-state index < -0.39 is 28.4 Å². The molecule has 4 aromatic carbocycles. The Hall–Kier alpha value is -5.24. The number of aromatic hydroxyl groups is 4. The smallest absolute Gasteiger partial charge is 0.150 e. The molecular weight excluding hydrogens is 572 g/mol. The topological polar surface area (TPSA) is 149 Å². The molecule has 45 heavy (non-hydrogen) atoms. The van der Waals surface area contributed by atoms with Gasteiger partial charge in [0.05, 0.1) is 5.41 Å². The Kier molecular flexibility index (Phi) is 17.5. The predicted octanol–water partition coefficient (Wildman–Crippen LogP) is 8.25. The maximum Gasteiger partial charge on any atom is 0.150 e. The Morgan fingerprint density at radius 3 is 0.711 bits per heavy atom. The van der Waals surface area contributed by atoms with Gasteiger partial charge in [0.25, 0.3) is 0 Å². The number of benzene rings is 4. The van der Waals surface area contributed by atoms with E-state index in [0.717, 1.165) is 0 Å². The number of rotatable bonds is 8. The Morgan fingerprint density at radius 2 is 0.556 bits per heavy atom. The van der Waals surface area contributed by atoms with Crippen molar-refractivity contribution in [3.63, 3.8) is 0 Å². The summed E-state index contributed by atoms with van der Waals surface area (Å²) in [6.07, 6.45) is 2.05. The number of aldehydes is 4. The molecule has 0 bridgehead atoms. The highest BCUT2D eigenvalue weighted by atomic mass is 16.3. The molecule has 0 saturated carbocycles. The number of carbonyl (C=O) groups is 4. The van der Waals surface area contributed by atoms with Crippen molar-refractivity contribution in [2.24, 2.45) is 0 Å². The van der Waals surface area contributed by atoms with Crippen molar-refractivity contribution in [2.75, 3.05) is 0 Å². The van der Waals surface area contributed by atoms with Gasteiger partial charge in [0.15, 0.2) is 0 Å². The van der Waals surface area contributed by atoms with Crippen LogP contribution in [-0.2, 0) is 5.41 Å². The third-order valence-corrected chi connectivity index (χ3v) is 6.24. The average molecular weight is 617 g/mol. The van der Waals surface area contributed by atoms with Crippen molar-refractivity contribution in [2.45, 2.75) is 60.8 Å². The summed E-state index contributed by atoms with van der Waals surface area (Å²) in [7, 11) is 0. The third kappa shape index (κ3) is 8.44. The van der Waals surface area contributed by atoms with E-state index in [1.807, 2.05) is 55.4 Å². The van der Waals surface area contributed by atoms with Gasteiger partial charge in [0.1, 0.15) is 48.1 Å². The molecule has 0 aliphatic heterocycles.